The molecule has 4 heteroatoms. The average molecular weight is 353 g/mol. The SMILES string of the molecule is Cc1ccccc1CCC(=O)Nc1ccc(Cl)cc1Br. The summed E-state index contributed by atoms with van der Waals surface area (Å²) in [6, 6.07) is 13.4. The molecule has 0 aliphatic carbocycles. The van der Waals surface area contributed by atoms with E-state index >= 15 is 0 Å². The smallest absolute Gasteiger partial charge is 0.224 e. The van der Waals surface area contributed by atoms with Gasteiger partial charge in [0.05, 0.1) is 5.69 Å². The van der Waals surface area contributed by atoms with Gasteiger partial charge in [-0.1, -0.05) is 35.9 Å². The van der Waals surface area contributed by atoms with Gasteiger partial charge in [0.1, 0.15) is 0 Å². The molecule has 0 heterocycles. The van der Waals surface area contributed by atoms with Crippen molar-refractivity contribution in [3.63, 3.8) is 0 Å². The zero-order valence-corrected chi connectivity index (χ0v) is 13.5. The molecule has 0 fully saturated rings. The second-order valence-electron chi connectivity index (χ2n) is 4.60. The lowest BCUT2D eigenvalue weighted by Gasteiger charge is -2.08. The summed E-state index contributed by atoms with van der Waals surface area (Å²) in [6.45, 7) is 2.06. The molecule has 0 bridgehead atoms. The Morgan fingerprint density at radius 1 is 1.25 bits per heavy atom. The predicted molar refractivity (Wildman–Crippen MR) is 87.3 cm³/mol. The minimum atomic E-state index is -0.00345. The van der Waals surface area contributed by atoms with Gasteiger partial charge >= 0.3 is 0 Å². The second-order valence-corrected chi connectivity index (χ2v) is 5.89. The fourth-order valence-electron chi connectivity index (χ4n) is 1.94. The first-order valence-corrected chi connectivity index (χ1v) is 7.53. The zero-order valence-electron chi connectivity index (χ0n) is 11.1. The van der Waals surface area contributed by atoms with Gasteiger partial charge in [-0.2, -0.15) is 0 Å². The molecule has 0 atom stereocenters. The average Bonchev–Trinajstić information content (AvgIpc) is 2.41. The first kappa shape index (κ1) is 15.1. The van der Waals surface area contributed by atoms with Gasteiger partial charge in [0.2, 0.25) is 5.91 Å². The molecule has 0 aromatic heterocycles. The molecule has 0 saturated heterocycles. The Hall–Kier alpha value is -1.32. The van der Waals surface area contributed by atoms with E-state index < -0.39 is 0 Å². The molecule has 20 heavy (non-hydrogen) atoms. The minimum Gasteiger partial charge on any atom is -0.325 e. The Morgan fingerprint density at radius 3 is 2.70 bits per heavy atom. The van der Waals surface area contributed by atoms with Crippen molar-refractivity contribution in [1.82, 2.24) is 0 Å². The summed E-state index contributed by atoms with van der Waals surface area (Å²) < 4.78 is 0.786. The number of rotatable bonds is 4. The number of nitrogens with one attached hydrogen (secondary N) is 1. The van der Waals surface area contributed by atoms with E-state index in [1.54, 1.807) is 18.2 Å². The highest BCUT2D eigenvalue weighted by atomic mass is 79.9. The highest BCUT2D eigenvalue weighted by molar-refractivity contribution is 9.10. The lowest BCUT2D eigenvalue weighted by Crippen LogP contribution is -2.13. The third kappa shape index (κ3) is 4.09. The summed E-state index contributed by atoms with van der Waals surface area (Å²) in [5.74, 6) is -0.00345. The first-order valence-electron chi connectivity index (χ1n) is 6.35. The van der Waals surface area contributed by atoms with Crippen molar-refractivity contribution in [2.45, 2.75) is 19.8 Å². The molecular formula is C16H15BrClNO. The lowest BCUT2D eigenvalue weighted by atomic mass is 10.0. The van der Waals surface area contributed by atoms with Crippen LogP contribution in [0.15, 0.2) is 46.9 Å². The number of carbonyl (C=O) groups excluding carboxylic acids is 1. The Labute approximate surface area is 132 Å². The normalized spacial score (nSPS) is 10.3. The monoisotopic (exact) mass is 351 g/mol. The van der Waals surface area contributed by atoms with Crippen molar-refractivity contribution in [3.05, 3.63) is 63.1 Å². The quantitative estimate of drug-likeness (QED) is 0.826. The molecule has 0 unspecified atom stereocenters. The zero-order chi connectivity index (χ0) is 14.5. The number of aryl methyl sites for hydroxylation is 2. The number of halogens is 2. The highest BCUT2D eigenvalue weighted by Gasteiger charge is 2.07. The van der Waals surface area contributed by atoms with Crippen LogP contribution in [0.5, 0.6) is 0 Å². The van der Waals surface area contributed by atoms with Gasteiger partial charge in [0, 0.05) is 15.9 Å². The van der Waals surface area contributed by atoms with Crippen LogP contribution in [0.2, 0.25) is 5.02 Å². The van der Waals surface area contributed by atoms with Crippen molar-refractivity contribution in [2.75, 3.05) is 5.32 Å². The van der Waals surface area contributed by atoms with E-state index in [0.717, 1.165) is 16.6 Å². The predicted octanol–water partition coefficient (Wildman–Crippen LogP) is 4.98. The molecule has 0 aliphatic heterocycles. The molecule has 2 nitrogen and oxygen atoms in total. The van der Waals surface area contributed by atoms with Crippen molar-refractivity contribution < 1.29 is 4.79 Å². The van der Waals surface area contributed by atoms with Crippen LogP contribution in [0.3, 0.4) is 0 Å². The van der Waals surface area contributed by atoms with Gasteiger partial charge in [-0.05, 0) is 58.6 Å². The summed E-state index contributed by atoms with van der Waals surface area (Å²) in [5, 5.41) is 3.52. The lowest BCUT2D eigenvalue weighted by molar-refractivity contribution is -0.116. The Balaban J connectivity index is 1.94. The van der Waals surface area contributed by atoms with Gasteiger partial charge < -0.3 is 5.32 Å². The summed E-state index contributed by atoms with van der Waals surface area (Å²) in [7, 11) is 0. The van der Waals surface area contributed by atoms with Crippen LogP contribution >= 0.6 is 27.5 Å². The molecule has 0 spiro atoms. The van der Waals surface area contributed by atoms with Crippen molar-refractivity contribution >= 4 is 39.1 Å². The molecule has 0 radical (unpaired) electrons. The Bertz CT molecular complexity index is 628. The third-order valence-electron chi connectivity index (χ3n) is 3.09. The van der Waals surface area contributed by atoms with Crippen LogP contribution in [0.1, 0.15) is 17.5 Å². The number of anilines is 1. The number of carbonyl (C=O) groups is 1. The molecule has 0 aliphatic rings. The van der Waals surface area contributed by atoms with Crippen LogP contribution in [0.25, 0.3) is 0 Å². The third-order valence-corrected chi connectivity index (χ3v) is 3.98. The molecule has 0 saturated carbocycles. The summed E-state index contributed by atoms with van der Waals surface area (Å²) >= 11 is 9.25. The van der Waals surface area contributed by atoms with Crippen molar-refractivity contribution in [2.24, 2.45) is 0 Å². The highest BCUT2D eigenvalue weighted by Crippen LogP contribution is 2.26. The second kappa shape index (κ2) is 6.91. The largest absolute Gasteiger partial charge is 0.325 e. The van der Waals surface area contributed by atoms with Crippen LogP contribution in [0, 0.1) is 6.92 Å². The topological polar surface area (TPSA) is 29.1 Å². The molecule has 1 N–H and O–H groups in total. The summed E-state index contributed by atoms with van der Waals surface area (Å²) in [4.78, 5) is 12.0. The van der Waals surface area contributed by atoms with E-state index in [2.05, 4.69) is 40.3 Å². The fourth-order valence-corrected chi connectivity index (χ4v) is 2.72. The van der Waals surface area contributed by atoms with Gasteiger partial charge in [-0.15, -0.1) is 0 Å². The standard InChI is InChI=1S/C16H15BrClNO/c1-11-4-2-3-5-12(11)6-9-16(20)19-15-8-7-13(18)10-14(15)17/h2-5,7-8,10H,6,9H2,1H3,(H,19,20). The summed E-state index contributed by atoms with van der Waals surface area (Å²) in [5.41, 5.74) is 3.16. The maximum Gasteiger partial charge on any atom is 0.224 e. The molecule has 2 aromatic carbocycles. The number of amides is 1. The van der Waals surface area contributed by atoms with Crippen molar-refractivity contribution in [3.8, 4) is 0 Å². The van der Waals surface area contributed by atoms with Crippen LogP contribution in [-0.4, -0.2) is 5.91 Å². The van der Waals surface area contributed by atoms with Gasteiger partial charge in [-0.25, -0.2) is 0 Å². The summed E-state index contributed by atoms with van der Waals surface area (Å²) in [6.07, 6.45) is 1.20. The number of benzene rings is 2. The van der Waals surface area contributed by atoms with Crippen LogP contribution < -0.4 is 5.32 Å². The van der Waals surface area contributed by atoms with Crippen molar-refractivity contribution in [1.29, 1.82) is 0 Å². The molecule has 104 valence electrons. The molecule has 1 amide bonds. The van der Waals surface area contributed by atoms with E-state index in [-0.39, 0.29) is 5.91 Å². The van der Waals surface area contributed by atoms with Gasteiger partial charge in [0.15, 0.2) is 0 Å². The Morgan fingerprint density at radius 2 is 2.00 bits per heavy atom. The van der Waals surface area contributed by atoms with Gasteiger partial charge in [0.25, 0.3) is 0 Å². The first-order chi connectivity index (χ1) is 9.56. The fraction of sp³-hybridized carbons (Fsp3) is 0.188. The molecular weight excluding hydrogens is 338 g/mol. The van der Waals surface area contributed by atoms with E-state index in [1.807, 2.05) is 12.1 Å². The van der Waals surface area contributed by atoms with E-state index in [1.165, 1.54) is 11.1 Å². The van der Waals surface area contributed by atoms with E-state index in [9.17, 15) is 4.79 Å². The van der Waals surface area contributed by atoms with Gasteiger partial charge in [-0.3, -0.25) is 4.79 Å². The van der Waals surface area contributed by atoms with Crippen LogP contribution in [0.4, 0.5) is 5.69 Å². The number of hydrogen-bond donors (Lipinski definition) is 1. The Kier molecular flexibility index (Phi) is 5.21. The van der Waals surface area contributed by atoms with E-state index in [0.29, 0.717) is 11.4 Å². The number of hydrogen-bond acceptors (Lipinski definition) is 1. The maximum absolute atomic E-state index is 12.0. The maximum atomic E-state index is 12.0. The molecule has 2 aromatic rings. The van der Waals surface area contributed by atoms with E-state index in [4.69, 9.17) is 11.6 Å². The minimum absolute atomic E-state index is 0.00345. The van der Waals surface area contributed by atoms with Crippen LogP contribution in [-0.2, 0) is 11.2 Å². The molecule has 2 rings (SSSR count).